The van der Waals surface area contributed by atoms with E-state index in [1.54, 1.807) is 6.07 Å². The Morgan fingerprint density at radius 3 is 2.57 bits per heavy atom. The number of halogens is 1. The number of carbonyl (C=O) groups is 2. The van der Waals surface area contributed by atoms with Gasteiger partial charge in [-0.2, -0.15) is 5.10 Å². The predicted molar refractivity (Wildman–Crippen MR) is 94.4 cm³/mol. The second-order valence-corrected chi connectivity index (χ2v) is 5.87. The number of anilines is 1. The second kappa shape index (κ2) is 7.69. The van der Waals surface area contributed by atoms with Crippen LogP contribution in [0.1, 0.15) is 16.7 Å². The third-order valence-corrected chi connectivity index (χ3v) is 3.78. The molecule has 2 amide bonds. The van der Waals surface area contributed by atoms with Crippen LogP contribution in [0.5, 0.6) is 0 Å². The maximum atomic E-state index is 11.9. The maximum Gasteiger partial charge on any atom is 0.329 e. The highest BCUT2D eigenvalue weighted by molar-refractivity contribution is 9.10. The summed E-state index contributed by atoms with van der Waals surface area (Å²) >= 11 is 3.34. The summed E-state index contributed by atoms with van der Waals surface area (Å²) < 4.78 is 0.903. The number of benzene rings is 2. The summed E-state index contributed by atoms with van der Waals surface area (Å²) in [5.41, 5.74) is 5.58. The van der Waals surface area contributed by atoms with Crippen molar-refractivity contribution in [1.82, 2.24) is 5.43 Å². The molecule has 23 heavy (non-hydrogen) atoms. The zero-order valence-corrected chi connectivity index (χ0v) is 14.3. The van der Waals surface area contributed by atoms with Gasteiger partial charge in [0.15, 0.2) is 0 Å². The van der Waals surface area contributed by atoms with Crippen LogP contribution in [-0.4, -0.2) is 18.0 Å². The third-order valence-electron chi connectivity index (χ3n) is 3.29. The summed E-state index contributed by atoms with van der Waals surface area (Å²) in [5.74, 6) is -1.58. The lowest BCUT2D eigenvalue weighted by Crippen LogP contribution is -2.32. The van der Waals surface area contributed by atoms with Gasteiger partial charge in [-0.3, -0.25) is 9.59 Å². The minimum atomic E-state index is -0.822. The molecule has 2 aromatic carbocycles. The van der Waals surface area contributed by atoms with Gasteiger partial charge in [0, 0.05) is 10.2 Å². The van der Waals surface area contributed by atoms with Crippen LogP contribution in [-0.2, 0) is 9.59 Å². The molecular weight excluding hydrogens is 358 g/mol. The molecule has 0 fully saturated rings. The molecule has 0 saturated heterocycles. The molecule has 0 saturated carbocycles. The first-order valence-electron chi connectivity index (χ1n) is 6.93. The van der Waals surface area contributed by atoms with E-state index in [2.05, 4.69) is 31.8 Å². The molecule has 6 heteroatoms. The summed E-state index contributed by atoms with van der Waals surface area (Å²) in [7, 11) is 0. The molecule has 2 rings (SSSR count). The quantitative estimate of drug-likeness (QED) is 0.492. The number of aryl methyl sites for hydroxylation is 1. The van der Waals surface area contributed by atoms with Gasteiger partial charge in [-0.25, -0.2) is 5.43 Å². The topological polar surface area (TPSA) is 70.6 Å². The minimum absolute atomic E-state index is 0.612. The molecular formula is C17H16BrN3O2. The molecule has 0 bridgehead atoms. The lowest BCUT2D eigenvalue weighted by atomic mass is 10.1. The summed E-state index contributed by atoms with van der Waals surface area (Å²) in [6.07, 6.45) is 1.47. The Bertz CT molecular complexity index is 772. The number of hydrogen-bond donors (Lipinski definition) is 2. The van der Waals surface area contributed by atoms with E-state index in [-0.39, 0.29) is 0 Å². The SMILES string of the molecule is Cc1cccc(NC(=O)C(=O)N/N=C/c2cccc(Br)c2)c1C. The second-order valence-electron chi connectivity index (χ2n) is 4.96. The number of carbonyl (C=O) groups excluding carboxylic acids is 2. The highest BCUT2D eigenvalue weighted by Crippen LogP contribution is 2.17. The minimum Gasteiger partial charge on any atom is -0.317 e. The van der Waals surface area contributed by atoms with Crippen LogP contribution in [0, 0.1) is 13.8 Å². The monoisotopic (exact) mass is 373 g/mol. The van der Waals surface area contributed by atoms with Gasteiger partial charge in [-0.1, -0.05) is 40.2 Å². The highest BCUT2D eigenvalue weighted by atomic mass is 79.9. The molecule has 0 radical (unpaired) electrons. The zero-order chi connectivity index (χ0) is 16.8. The molecule has 2 aromatic rings. The fourth-order valence-corrected chi connectivity index (χ4v) is 2.29. The standard InChI is InChI=1S/C17H16BrN3O2/c1-11-5-3-8-15(12(11)2)20-16(22)17(23)21-19-10-13-6-4-7-14(18)9-13/h3-10H,1-2H3,(H,20,22)(H,21,23)/b19-10+. The van der Waals surface area contributed by atoms with Gasteiger partial charge >= 0.3 is 11.8 Å². The van der Waals surface area contributed by atoms with Crippen molar-refractivity contribution in [3.63, 3.8) is 0 Å². The van der Waals surface area contributed by atoms with Crippen LogP contribution < -0.4 is 10.7 Å². The van der Waals surface area contributed by atoms with Crippen molar-refractivity contribution < 1.29 is 9.59 Å². The van der Waals surface area contributed by atoms with E-state index in [9.17, 15) is 9.59 Å². The van der Waals surface area contributed by atoms with Gasteiger partial charge in [0.05, 0.1) is 6.21 Å². The molecule has 0 spiro atoms. The van der Waals surface area contributed by atoms with Gasteiger partial charge < -0.3 is 5.32 Å². The van der Waals surface area contributed by atoms with E-state index >= 15 is 0 Å². The van der Waals surface area contributed by atoms with Gasteiger partial charge in [-0.05, 0) is 48.7 Å². The van der Waals surface area contributed by atoms with Crippen molar-refractivity contribution in [2.75, 3.05) is 5.32 Å². The van der Waals surface area contributed by atoms with E-state index in [0.717, 1.165) is 21.2 Å². The Morgan fingerprint density at radius 2 is 1.83 bits per heavy atom. The van der Waals surface area contributed by atoms with Crippen molar-refractivity contribution in [2.45, 2.75) is 13.8 Å². The molecule has 0 atom stereocenters. The first-order valence-corrected chi connectivity index (χ1v) is 7.73. The van der Waals surface area contributed by atoms with Crippen LogP contribution in [0.4, 0.5) is 5.69 Å². The summed E-state index contributed by atoms with van der Waals surface area (Å²) in [4.78, 5) is 23.6. The number of nitrogens with zero attached hydrogens (tertiary/aromatic N) is 1. The van der Waals surface area contributed by atoms with Crippen LogP contribution in [0.2, 0.25) is 0 Å². The average molecular weight is 374 g/mol. The number of amides is 2. The predicted octanol–water partition coefficient (Wildman–Crippen LogP) is 3.15. The third kappa shape index (κ3) is 4.75. The lowest BCUT2D eigenvalue weighted by molar-refractivity contribution is -0.136. The van der Waals surface area contributed by atoms with E-state index in [1.165, 1.54) is 6.21 Å². The van der Waals surface area contributed by atoms with Crippen molar-refractivity contribution >= 4 is 39.6 Å². The highest BCUT2D eigenvalue weighted by Gasteiger charge is 2.14. The Labute approximate surface area is 142 Å². The maximum absolute atomic E-state index is 11.9. The fraction of sp³-hybridized carbons (Fsp3) is 0.118. The zero-order valence-electron chi connectivity index (χ0n) is 12.8. The molecule has 5 nitrogen and oxygen atoms in total. The Hall–Kier alpha value is -2.47. The molecule has 0 aliphatic heterocycles. The summed E-state index contributed by atoms with van der Waals surface area (Å²) in [5, 5.41) is 6.36. The smallest absolute Gasteiger partial charge is 0.317 e. The van der Waals surface area contributed by atoms with E-state index in [0.29, 0.717) is 5.69 Å². The Morgan fingerprint density at radius 1 is 1.09 bits per heavy atom. The van der Waals surface area contributed by atoms with Crippen molar-refractivity contribution in [2.24, 2.45) is 5.10 Å². The number of hydrogen-bond acceptors (Lipinski definition) is 3. The van der Waals surface area contributed by atoms with Gasteiger partial charge in [0.1, 0.15) is 0 Å². The van der Waals surface area contributed by atoms with Crippen LogP contribution in [0.25, 0.3) is 0 Å². The summed E-state index contributed by atoms with van der Waals surface area (Å²) in [6, 6.07) is 12.9. The van der Waals surface area contributed by atoms with Crippen LogP contribution >= 0.6 is 15.9 Å². The van der Waals surface area contributed by atoms with Crippen LogP contribution in [0.15, 0.2) is 52.0 Å². The Balaban J connectivity index is 1.95. The lowest BCUT2D eigenvalue weighted by Gasteiger charge is -2.09. The number of nitrogens with one attached hydrogen (secondary N) is 2. The first kappa shape index (κ1) is 16.9. The molecule has 0 aromatic heterocycles. The largest absolute Gasteiger partial charge is 0.329 e. The van der Waals surface area contributed by atoms with Crippen molar-refractivity contribution in [3.8, 4) is 0 Å². The molecule has 0 aliphatic carbocycles. The molecule has 0 aliphatic rings. The first-order chi connectivity index (χ1) is 11.0. The fourth-order valence-electron chi connectivity index (χ4n) is 1.87. The summed E-state index contributed by atoms with van der Waals surface area (Å²) in [6.45, 7) is 3.82. The Kier molecular flexibility index (Phi) is 5.65. The number of rotatable bonds is 3. The molecule has 0 unspecified atom stereocenters. The molecule has 118 valence electrons. The molecule has 0 heterocycles. The van der Waals surface area contributed by atoms with E-state index in [1.807, 2.05) is 50.2 Å². The van der Waals surface area contributed by atoms with Crippen LogP contribution in [0.3, 0.4) is 0 Å². The van der Waals surface area contributed by atoms with E-state index in [4.69, 9.17) is 0 Å². The average Bonchev–Trinajstić information content (AvgIpc) is 2.51. The molecule has 2 N–H and O–H groups in total. The van der Waals surface area contributed by atoms with Gasteiger partial charge in [-0.15, -0.1) is 0 Å². The van der Waals surface area contributed by atoms with E-state index < -0.39 is 11.8 Å². The van der Waals surface area contributed by atoms with Gasteiger partial charge in [0.2, 0.25) is 0 Å². The number of hydrazone groups is 1. The van der Waals surface area contributed by atoms with Crippen molar-refractivity contribution in [3.05, 3.63) is 63.6 Å². The van der Waals surface area contributed by atoms with Gasteiger partial charge in [0.25, 0.3) is 0 Å². The van der Waals surface area contributed by atoms with Crippen molar-refractivity contribution in [1.29, 1.82) is 0 Å². The normalized spacial score (nSPS) is 10.6.